The summed E-state index contributed by atoms with van der Waals surface area (Å²) in [7, 11) is 0. The number of hydrogen-bond acceptors (Lipinski definition) is 0. The monoisotopic (exact) mass is 232 g/mol. The zero-order valence-electron chi connectivity index (χ0n) is 11.3. The first-order valence-electron chi connectivity index (χ1n) is 5.82. The van der Waals surface area contributed by atoms with Gasteiger partial charge in [0, 0.05) is 0 Å². The molecule has 0 atom stereocenters. The van der Waals surface area contributed by atoms with E-state index in [1.165, 1.54) is 11.1 Å². The molecule has 0 unspecified atom stereocenters. The molecule has 2 aromatic carbocycles. The topological polar surface area (TPSA) is 31.5 Å². The molecule has 94 valence electrons. The van der Waals surface area contributed by atoms with Gasteiger partial charge in [-0.1, -0.05) is 85.6 Å². The Morgan fingerprint density at radius 3 is 0.882 bits per heavy atom. The van der Waals surface area contributed by atoms with E-state index in [-0.39, 0.29) is 5.48 Å². The van der Waals surface area contributed by atoms with Gasteiger partial charge in [-0.3, -0.25) is 0 Å². The van der Waals surface area contributed by atoms with E-state index in [4.69, 9.17) is 0 Å². The predicted octanol–water partition coefficient (Wildman–Crippen LogP) is 4.19. The van der Waals surface area contributed by atoms with Crippen LogP contribution in [0.2, 0.25) is 0 Å². The minimum atomic E-state index is 0. The van der Waals surface area contributed by atoms with Gasteiger partial charge in [0.1, 0.15) is 0 Å². The average molecular weight is 232 g/mol. The van der Waals surface area contributed by atoms with Crippen LogP contribution in [0, 0.1) is 13.8 Å². The van der Waals surface area contributed by atoms with Crippen molar-refractivity contribution in [3.8, 4) is 0 Å². The predicted molar refractivity (Wildman–Crippen MR) is 77.3 cm³/mol. The normalized spacial score (nSPS) is 7.53. The lowest BCUT2D eigenvalue weighted by molar-refractivity contribution is 0.824. The largest absolute Gasteiger partial charge is 0.412 e. The van der Waals surface area contributed by atoms with Gasteiger partial charge in [-0.2, -0.15) is 0 Å². The van der Waals surface area contributed by atoms with Crippen molar-refractivity contribution in [3.63, 3.8) is 0 Å². The summed E-state index contributed by atoms with van der Waals surface area (Å²) in [5.74, 6) is 0. The van der Waals surface area contributed by atoms with Gasteiger partial charge < -0.3 is 5.48 Å². The molecule has 0 heterocycles. The van der Waals surface area contributed by atoms with Crippen molar-refractivity contribution in [2.45, 2.75) is 27.7 Å². The summed E-state index contributed by atoms with van der Waals surface area (Å²) in [6, 6.07) is 20.5. The van der Waals surface area contributed by atoms with E-state index in [0.29, 0.717) is 0 Å². The van der Waals surface area contributed by atoms with Crippen molar-refractivity contribution in [2.24, 2.45) is 0 Å². The van der Waals surface area contributed by atoms with Crippen LogP contribution in [0.4, 0.5) is 0 Å². The van der Waals surface area contributed by atoms with Gasteiger partial charge in [-0.25, -0.2) is 0 Å². The van der Waals surface area contributed by atoms with Gasteiger partial charge >= 0.3 is 0 Å². The second-order valence-electron chi connectivity index (χ2n) is 3.31. The second-order valence-corrected chi connectivity index (χ2v) is 3.31. The van der Waals surface area contributed by atoms with Gasteiger partial charge in [0.15, 0.2) is 0 Å². The maximum absolute atomic E-state index is 2.08. The van der Waals surface area contributed by atoms with Crippen molar-refractivity contribution in [2.75, 3.05) is 0 Å². The fraction of sp³-hybridized carbons (Fsp3) is 0.250. The number of benzene rings is 2. The molecule has 0 saturated heterocycles. The molecule has 0 fully saturated rings. The molecule has 0 bridgehead atoms. The Hall–Kier alpha value is -1.60. The van der Waals surface area contributed by atoms with E-state index in [0.717, 1.165) is 0 Å². The molecule has 1 nitrogen and oxygen atoms in total. The van der Waals surface area contributed by atoms with Gasteiger partial charge in [0.2, 0.25) is 0 Å². The SMILES string of the molecule is CC.Cc1ccccc1.Cc1ccccc1.O. The average Bonchev–Trinajstić information content (AvgIpc) is 2.34. The third-order valence-corrected chi connectivity index (χ3v) is 1.88. The molecule has 17 heavy (non-hydrogen) atoms. The Balaban J connectivity index is 0. The summed E-state index contributed by atoms with van der Waals surface area (Å²) in [5.41, 5.74) is 2.64. The van der Waals surface area contributed by atoms with E-state index < -0.39 is 0 Å². The molecule has 0 radical (unpaired) electrons. The molecular weight excluding hydrogens is 208 g/mol. The highest BCUT2D eigenvalue weighted by atomic mass is 16.0. The van der Waals surface area contributed by atoms with Crippen molar-refractivity contribution < 1.29 is 5.48 Å². The van der Waals surface area contributed by atoms with E-state index in [2.05, 4.69) is 38.1 Å². The van der Waals surface area contributed by atoms with E-state index >= 15 is 0 Å². The molecule has 2 aromatic rings. The van der Waals surface area contributed by atoms with Crippen LogP contribution >= 0.6 is 0 Å². The lowest BCUT2D eigenvalue weighted by atomic mass is 10.2. The van der Waals surface area contributed by atoms with E-state index in [9.17, 15) is 0 Å². The quantitative estimate of drug-likeness (QED) is 0.652. The molecule has 1 heteroatoms. The third kappa shape index (κ3) is 10.7. The maximum Gasteiger partial charge on any atom is -0.0398 e. The molecule has 0 spiro atoms. The highest BCUT2D eigenvalue weighted by molar-refractivity contribution is 5.12. The molecule has 2 N–H and O–H groups in total. The molecule has 0 aliphatic heterocycles. The number of aryl methyl sites for hydroxylation is 2. The second kappa shape index (κ2) is 12.5. The fourth-order valence-corrected chi connectivity index (χ4v) is 1.07. The van der Waals surface area contributed by atoms with Crippen LogP contribution in [0.25, 0.3) is 0 Å². The fourth-order valence-electron chi connectivity index (χ4n) is 1.07. The third-order valence-electron chi connectivity index (χ3n) is 1.88. The summed E-state index contributed by atoms with van der Waals surface area (Å²) in [4.78, 5) is 0. The Labute approximate surface area is 105 Å². The molecule has 2 rings (SSSR count). The zero-order valence-corrected chi connectivity index (χ0v) is 11.3. The van der Waals surface area contributed by atoms with Crippen LogP contribution in [0.15, 0.2) is 60.7 Å². The maximum atomic E-state index is 2.08. The van der Waals surface area contributed by atoms with Crippen molar-refractivity contribution in [3.05, 3.63) is 71.8 Å². The van der Waals surface area contributed by atoms with E-state index in [1.807, 2.05) is 50.2 Å². The van der Waals surface area contributed by atoms with Crippen LogP contribution < -0.4 is 0 Å². The van der Waals surface area contributed by atoms with Crippen molar-refractivity contribution >= 4 is 0 Å². The lowest BCUT2D eigenvalue weighted by Crippen LogP contribution is -1.62. The first kappa shape index (κ1) is 17.8. The van der Waals surface area contributed by atoms with Gasteiger partial charge in [0.25, 0.3) is 0 Å². The Kier molecular flexibility index (Phi) is 13.0. The van der Waals surface area contributed by atoms with Gasteiger partial charge in [-0.05, 0) is 13.8 Å². The van der Waals surface area contributed by atoms with Crippen molar-refractivity contribution in [1.29, 1.82) is 0 Å². The molecule has 0 amide bonds. The minimum absolute atomic E-state index is 0. The van der Waals surface area contributed by atoms with Gasteiger partial charge in [-0.15, -0.1) is 0 Å². The van der Waals surface area contributed by atoms with Crippen LogP contribution in [0.5, 0.6) is 0 Å². The minimum Gasteiger partial charge on any atom is -0.412 e. The van der Waals surface area contributed by atoms with Crippen LogP contribution in [0.1, 0.15) is 25.0 Å². The molecule has 0 saturated carbocycles. The Bertz CT molecular complexity index is 303. The molecule has 0 aromatic heterocycles. The summed E-state index contributed by atoms with van der Waals surface area (Å²) < 4.78 is 0. The van der Waals surface area contributed by atoms with Crippen LogP contribution in [0.3, 0.4) is 0 Å². The summed E-state index contributed by atoms with van der Waals surface area (Å²) in [6.45, 7) is 8.17. The number of rotatable bonds is 0. The van der Waals surface area contributed by atoms with Crippen LogP contribution in [-0.2, 0) is 0 Å². The summed E-state index contributed by atoms with van der Waals surface area (Å²) >= 11 is 0. The van der Waals surface area contributed by atoms with E-state index in [1.54, 1.807) is 0 Å². The first-order valence-corrected chi connectivity index (χ1v) is 5.82. The Morgan fingerprint density at radius 2 is 0.765 bits per heavy atom. The van der Waals surface area contributed by atoms with Crippen molar-refractivity contribution in [1.82, 2.24) is 0 Å². The standard InChI is InChI=1S/2C7H8.C2H6.H2O/c2*1-7-5-3-2-4-6-7;1-2;/h2*2-6H,1H3;1-2H3;1H2. The zero-order chi connectivity index (χ0) is 12.2. The van der Waals surface area contributed by atoms with Gasteiger partial charge in [0.05, 0.1) is 0 Å². The number of hydrogen-bond donors (Lipinski definition) is 0. The highest BCUT2D eigenvalue weighted by Gasteiger charge is 1.72. The molecular formula is C16H24O. The summed E-state index contributed by atoms with van der Waals surface area (Å²) in [6.07, 6.45) is 0. The highest BCUT2D eigenvalue weighted by Crippen LogP contribution is 1.92. The van der Waals surface area contributed by atoms with Crippen LogP contribution in [-0.4, -0.2) is 5.48 Å². The molecule has 0 aliphatic carbocycles. The molecule has 0 aliphatic rings. The Morgan fingerprint density at radius 1 is 0.529 bits per heavy atom. The smallest absolute Gasteiger partial charge is 0.0398 e. The first-order chi connectivity index (χ1) is 7.79. The summed E-state index contributed by atoms with van der Waals surface area (Å²) in [5, 5.41) is 0. The lowest BCUT2D eigenvalue weighted by Gasteiger charge is -1.82.